The van der Waals surface area contributed by atoms with Crippen LogP contribution in [0.15, 0.2) is 16.5 Å². The molecule has 0 amide bonds. The topological polar surface area (TPSA) is 87.2 Å². The van der Waals surface area contributed by atoms with Crippen LogP contribution in [0.2, 0.25) is 0 Å². The van der Waals surface area contributed by atoms with Crippen molar-refractivity contribution in [3.63, 3.8) is 0 Å². The third-order valence-electron chi connectivity index (χ3n) is 4.65. The molecule has 2 aromatic heterocycles. The highest BCUT2D eigenvalue weighted by Gasteiger charge is 2.15. The Hall–Kier alpha value is -2.59. The average Bonchev–Trinajstić information content (AvgIpc) is 3.06. The minimum atomic E-state index is -0.299. The lowest BCUT2D eigenvalue weighted by atomic mass is 10.2. The first-order valence-electron chi connectivity index (χ1n) is 9.54. The van der Waals surface area contributed by atoms with Crippen LogP contribution in [0.25, 0.3) is 0 Å². The standard InChI is InChI=1S/C20H27N5O2/c1-4-18-15(3)23-20(27-18)6-5-16-11-17(25-7-9-26-10-8-25)12-19(24-16)22-14(2)13-21/h11-12,14H,4-10H2,1-3H3,(H,22,24). The second kappa shape index (κ2) is 8.87. The van der Waals surface area contributed by atoms with Crippen molar-refractivity contribution in [1.82, 2.24) is 9.97 Å². The van der Waals surface area contributed by atoms with Gasteiger partial charge in [0.2, 0.25) is 0 Å². The molecule has 7 heteroatoms. The first kappa shape index (κ1) is 19.2. The molecule has 1 N–H and O–H groups in total. The predicted octanol–water partition coefficient (Wildman–Crippen LogP) is 2.89. The molecule has 2 aromatic rings. The van der Waals surface area contributed by atoms with E-state index in [4.69, 9.17) is 19.4 Å². The van der Waals surface area contributed by atoms with Crippen LogP contribution in [0.4, 0.5) is 11.5 Å². The van der Waals surface area contributed by atoms with Gasteiger partial charge in [0, 0.05) is 43.4 Å². The van der Waals surface area contributed by atoms with Crippen LogP contribution in [-0.2, 0) is 24.0 Å². The number of anilines is 2. The van der Waals surface area contributed by atoms with Crippen molar-refractivity contribution in [2.75, 3.05) is 36.5 Å². The number of aryl methyl sites for hydroxylation is 4. The molecule has 0 spiro atoms. The van der Waals surface area contributed by atoms with Gasteiger partial charge in [0.25, 0.3) is 0 Å². The van der Waals surface area contributed by atoms with Crippen LogP contribution in [0.5, 0.6) is 0 Å². The van der Waals surface area contributed by atoms with Gasteiger partial charge in [-0.15, -0.1) is 0 Å². The molecule has 144 valence electrons. The number of morpholine rings is 1. The molecule has 3 heterocycles. The highest BCUT2D eigenvalue weighted by atomic mass is 16.5. The van der Waals surface area contributed by atoms with E-state index in [-0.39, 0.29) is 6.04 Å². The number of nitriles is 1. The lowest BCUT2D eigenvalue weighted by molar-refractivity contribution is 0.122. The van der Waals surface area contributed by atoms with Gasteiger partial charge in [-0.05, 0) is 26.3 Å². The number of hydrogen-bond acceptors (Lipinski definition) is 7. The fourth-order valence-electron chi connectivity index (χ4n) is 3.19. The zero-order chi connectivity index (χ0) is 19.2. The van der Waals surface area contributed by atoms with Gasteiger partial charge in [-0.2, -0.15) is 5.26 Å². The maximum absolute atomic E-state index is 9.10. The molecule has 0 bridgehead atoms. The van der Waals surface area contributed by atoms with Crippen molar-refractivity contribution in [3.8, 4) is 6.07 Å². The van der Waals surface area contributed by atoms with Gasteiger partial charge in [0.1, 0.15) is 17.6 Å². The molecule has 1 aliphatic rings. The molecule has 1 aliphatic heterocycles. The fraction of sp³-hybridized carbons (Fsp3) is 0.550. The summed E-state index contributed by atoms with van der Waals surface area (Å²) in [6.45, 7) is 9.04. The van der Waals surface area contributed by atoms with E-state index in [1.54, 1.807) is 0 Å². The first-order chi connectivity index (χ1) is 13.1. The normalized spacial score (nSPS) is 15.4. The van der Waals surface area contributed by atoms with E-state index in [0.717, 1.165) is 73.7 Å². The maximum Gasteiger partial charge on any atom is 0.195 e. The summed E-state index contributed by atoms with van der Waals surface area (Å²) in [5.41, 5.74) is 3.03. The molecule has 1 fully saturated rings. The third-order valence-corrected chi connectivity index (χ3v) is 4.65. The SMILES string of the molecule is CCc1oc(CCc2cc(N3CCOCC3)cc(NC(C)C#N)n2)nc1C. The van der Waals surface area contributed by atoms with Gasteiger partial charge in [-0.3, -0.25) is 0 Å². The maximum atomic E-state index is 9.10. The van der Waals surface area contributed by atoms with Gasteiger partial charge in [0.15, 0.2) is 5.89 Å². The highest BCUT2D eigenvalue weighted by molar-refractivity contribution is 5.56. The van der Waals surface area contributed by atoms with Crippen molar-refractivity contribution >= 4 is 11.5 Å². The van der Waals surface area contributed by atoms with Crippen LogP contribution >= 0.6 is 0 Å². The molecule has 1 unspecified atom stereocenters. The molecule has 1 atom stereocenters. The third kappa shape index (κ3) is 4.98. The Balaban J connectivity index is 1.79. The number of rotatable bonds is 7. The second-order valence-electron chi connectivity index (χ2n) is 6.77. The monoisotopic (exact) mass is 369 g/mol. The van der Waals surface area contributed by atoms with Gasteiger partial charge in [-0.1, -0.05) is 6.92 Å². The van der Waals surface area contributed by atoms with E-state index in [1.165, 1.54) is 0 Å². The summed E-state index contributed by atoms with van der Waals surface area (Å²) in [4.78, 5) is 11.5. The Morgan fingerprint density at radius 3 is 2.70 bits per heavy atom. The Kier molecular flexibility index (Phi) is 6.30. The number of hydrogen-bond donors (Lipinski definition) is 1. The Morgan fingerprint density at radius 2 is 2.04 bits per heavy atom. The number of ether oxygens (including phenoxy) is 1. The van der Waals surface area contributed by atoms with Crippen molar-refractivity contribution in [2.24, 2.45) is 0 Å². The van der Waals surface area contributed by atoms with Crippen molar-refractivity contribution in [1.29, 1.82) is 5.26 Å². The summed E-state index contributed by atoms with van der Waals surface area (Å²) >= 11 is 0. The van der Waals surface area contributed by atoms with Gasteiger partial charge >= 0.3 is 0 Å². The molecular formula is C20H27N5O2. The van der Waals surface area contributed by atoms with Crippen LogP contribution in [0.1, 0.15) is 36.9 Å². The average molecular weight is 369 g/mol. The summed E-state index contributed by atoms with van der Waals surface area (Å²) in [5, 5.41) is 12.3. The van der Waals surface area contributed by atoms with Crippen LogP contribution < -0.4 is 10.2 Å². The molecule has 1 saturated heterocycles. The number of pyridine rings is 1. The minimum absolute atomic E-state index is 0.299. The number of oxazole rings is 1. The predicted molar refractivity (Wildman–Crippen MR) is 104 cm³/mol. The molecule has 27 heavy (non-hydrogen) atoms. The Morgan fingerprint density at radius 1 is 1.26 bits per heavy atom. The Bertz CT molecular complexity index is 805. The van der Waals surface area contributed by atoms with E-state index in [1.807, 2.05) is 19.9 Å². The summed E-state index contributed by atoms with van der Waals surface area (Å²) in [5.74, 6) is 2.42. The largest absolute Gasteiger partial charge is 0.445 e. The molecule has 0 saturated carbocycles. The molecular weight excluding hydrogens is 342 g/mol. The lowest BCUT2D eigenvalue weighted by Gasteiger charge is -2.29. The smallest absolute Gasteiger partial charge is 0.195 e. The molecule has 0 radical (unpaired) electrons. The van der Waals surface area contributed by atoms with Crippen molar-refractivity contribution < 1.29 is 9.15 Å². The zero-order valence-electron chi connectivity index (χ0n) is 16.3. The van der Waals surface area contributed by atoms with E-state index in [9.17, 15) is 0 Å². The van der Waals surface area contributed by atoms with Crippen LogP contribution in [0.3, 0.4) is 0 Å². The quantitative estimate of drug-likeness (QED) is 0.803. The van der Waals surface area contributed by atoms with Crippen LogP contribution in [-0.4, -0.2) is 42.3 Å². The highest BCUT2D eigenvalue weighted by Crippen LogP contribution is 2.23. The molecule has 0 aliphatic carbocycles. The van der Waals surface area contributed by atoms with Gasteiger partial charge in [-0.25, -0.2) is 9.97 Å². The first-order valence-corrected chi connectivity index (χ1v) is 9.54. The molecule has 0 aromatic carbocycles. The number of nitrogens with zero attached hydrogens (tertiary/aromatic N) is 4. The summed E-state index contributed by atoms with van der Waals surface area (Å²) in [6.07, 6.45) is 2.29. The molecule has 3 rings (SSSR count). The minimum Gasteiger partial charge on any atom is -0.445 e. The van der Waals surface area contributed by atoms with Crippen molar-refractivity contribution in [3.05, 3.63) is 35.2 Å². The number of aromatic nitrogens is 2. The summed E-state index contributed by atoms with van der Waals surface area (Å²) in [6, 6.07) is 6.02. The van der Waals surface area contributed by atoms with Gasteiger partial charge < -0.3 is 19.4 Å². The lowest BCUT2D eigenvalue weighted by Crippen LogP contribution is -2.36. The number of nitrogens with one attached hydrogen (secondary N) is 1. The second-order valence-corrected chi connectivity index (χ2v) is 6.77. The summed E-state index contributed by atoms with van der Waals surface area (Å²) in [7, 11) is 0. The fourth-order valence-corrected chi connectivity index (χ4v) is 3.19. The van der Waals surface area contributed by atoms with E-state index in [0.29, 0.717) is 6.42 Å². The van der Waals surface area contributed by atoms with Crippen LogP contribution in [0, 0.1) is 18.3 Å². The van der Waals surface area contributed by atoms with E-state index >= 15 is 0 Å². The van der Waals surface area contributed by atoms with E-state index in [2.05, 4.69) is 34.3 Å². The molecule has 7 nitrogen and oxygen atoms in total. The van der Waals surface area contributed by atoms with Gasteiger partial charge in [0.05, 0.1) is 25.0 Å². The van der Waals surface area contributed by atoms with Crippen molar-refractivity contribution in [2.45, 2.75) is 46.1 Å². The van der Waals surface area contributed by atoms with E-state index < -0.39 is 0 Å². The Labute approximate surface area is 160 Å². The summed E-state index contributed by atoms with van der Waals surface area (Å²) < 4.78 is 11.3. The zero-order valence-corrected chi connectivity index (χ0v) is 16.3.